The van der Waals surface area contributed by atoms with Crippen molar-refractivity contribution in [2.24, 2.45) is 0 Å². The van der Waals surface area contributed by atoms with Crippen LogP contribution in [0.15, 0.2) is 35.5 Å². The number of hydrogen-bond donors (Lipinski definition) is 0. The zero-order chi connectivity index (χ0) is 17.7. The molecular weight excluding hydrogens is 356 g/mol. The first-order valence-corrected chi connectivity index (χ1v) is 10.4. The van der Waals surface area contributed by atoms with Crippen LogP contribution < -0.4 is 9.47 Å². The minimum absolute atomic E-state index is 0.0112. The average Bonchev–Trinajstić information content (AvgIpc) is 3.28. The Labute approximate surface area is 151 Å². The molecule has 4 heterocycles. The maximum absolute atomic E-state index is 13.3. The monoisotopic (exact) mass is 376 g/mol. The van der Waals surface area contributed by atoms with E-state index < -0.39 is 10.0 Å². The van der Waals surface area contributed by atoms with Crippen molar-refractivity contribution in [3.05, 3.63) is 30.6 Å². The lowest BCUT2D eigenvalue weighted by Gasteiger charge is -2.37. The van der Waals surface area contributed by atoms with Crippen LogP contribution in [0.25, 0.3) is 0 Å². The molecule has 138 valence electrons. The van der Waals surface area contributed by atoms with Gasteiger partial charge in [-0.2, -0.15) is 19.3 Å². The molecule has 0 saturated carbocycles. The first-order valence-electron chi connectivity index (χ1n) is 8.92. The van der Waals surface area contributed by atoms with Gasteiger partial charge in [0, 0.05) is 18.2 Å². The maximum Gasteiger partial charge on any atom is 0.243 e. The van der Waals surface area contributed by atoms with Crippen molar-refractivity contribution in [1.29, 1.82) is 0 Å². The highest BCUT2D eigenvalue weighted by Gasteiger charge is 2.48. The van der Waals surface area contributed by atoms with Gasteiger partial charge >= 0.3 is 0 Å². The zero-order valence-electron chi connectivity index (χ0n) is 14.2. The second kappa shape index (κ2) is 5.95. The van der Waals surface area contributed by atoms with Gasteiger partial charge in [0.15, 0.2) is 11.5 Å². The summed E-state index contributed by atoms with van der Waals surface area (Å²) in [5.74, 6) is 1.10. The molecule has 5 rings (SSSR count). The zero-order valence-corrected chi connectivity index (χ0v) is 15.0. The van der Waals surface area contributed by atoms with Crippen molar-refractivity contribution >= 4 is 10.0 Å². The highest BCUT2D eigenvalue weighted by molar-refractivity contribution is 7.89. The van der Waals surface area contributed by atoms with Crippen LogP contribution in [0.3, 0.4) is 0 Å². The average molecular weight is 376 g/mol. The molecule has 0 spiro atoms. The first-order chi connectivity index (χ1) is 12.6. The Morgan fingerprint density at radius 2 is 1.58 bits per heavy atom. The number of hydrogen-bond acceptors (Lipinski definition) is 6. The van der Waals surface area contributed by atoms with Crippen molar-refractivity contribution < 1.29 is 17.9 Å². The van der Waals surface area contributed by atoms with Crippen molar-refractivity contribution in [3.8, 4) is 11.5 Å². The van der Waals surface area contributed by atoms with Crippen molar-refractivity contribution in [2.75, 3.05) is 13.2 Å². The van der Waals surface area contributed by atoms with Gasteiger partial charge in [-0.1, -0.05) is 0 Å². The Balaban J connectivity index is 1.44. The van der Waals surface area contributed by atoms with E-state index in [1.807, 2.05) is 0 Å². The quantitative estimate of drug-likeness (QED) is 0.809. The molecule has 0 aliphatic carbocycles. The van der Waals surface area contributed by atoms with Gasteiger partial charge in [0.25, 0.3) is 0 Å². The van der Waals surface area contributed by atoms with E-state index in [4.69, 9.17) is 9.47 Å². The highest BCUT2D eigenvalue weighted by Crippen LogP contribution is 2.44. The Hall–Kier alpha value is -2.13. The predicted molar refractivity (Wildman–Crippen MR) is 91.6 cm³/mol. The first kappa shape index (κ1) is 16.1. The molecular formula is C17H20N4O4S. The van der Waals surface area contributed by atoms with Crippen LogP contribution in [0.1, 0.15) is 31.7 Å². The van der Waals surface area contributed by atoms with E-state index in [0.717, 1.165) is 25.7 Å². The number of piperidine rings is 1. The van der Waals surface area contributed by atoms with E-state index in [1.54, 1.807) is 39.7 Å². The normalized spacial score (nSPS) is 28.2. The smallest absolute Gasteiger partial charge is 0.243 e. The lowest BCUT2D eigenvalue weighted by Crippen LogP contribution is -2.47. The Bertz CT molecular complexity index is 901. The summed E-state index contributed by atoms with van der Waals surface area (Å²) in [7, 11) is -3.58. The van der Waals surface area contributed by atoms with Crippen LogP contribution in [0.5, 0.6) is 11.5 Å². The van der Waals surface area contributed by atoms with Gasteiger partial charge < -0.3 is 9.47 Å². The van der Waals surface area contributed by atoms with Crippen LogP contribution in [0, 0.1) is 0 Å². The summed E-state index contributed by atoms with van der Waals surface area (Å²) in [5, 5.41) is 8.47. The van der Waals surface area contributed by atoms with Crippen LogP contribution in [-0.2, 0) is 10.0 Å². The molecule has 0 N–H and O–H groups in total. The Morgan fingerprint density at radius 1 is 0.923 bits per heavy atom. The van der Waals surface area contributed by atoms with E-state index in [9.17, 15) is 8.42 Å². The van der Waals surface area contributed by atoms with Gasteiger partial charge in [-0.3, -0.25) is 0 Å². The van der Waals surface area contributed by atoms with Gasteiger partial charge in [0.05, 0.1) is 23.3 Å². The van der Waals surface area contributed by atoms with Crippen LogP contribution >= 0.6 is 0 Å². The van der Waals surface area contributed by atoms with Gasteiger partial charge in [-0.25, -0.2) is 8.42 Å². The molecule has 3 aliphatic rings. The van der Waals surface area contributed by atoms with Gasteiger partial charge in [0.1, 0.15) is 13.2 Å². The molecule has 0 radical (unpaired) electrons. The number of sulfonamides is 1. The molecule has 2 aromatic rings. The SMILES string of the molecule is O=S(=O)(c1ccc2c(c1)OCCO2)N1C2CCC1CC(n1nccn1)C2. The third-order valence-corrected chi connectivity index (χ3v) is 7.49. The molecule has 9 heteroatoms. The molecule has 2 saturated heterocycles. The van der Waals surface area contributed by atoms with Crippen LogP contribution in [0.4, 0.5) is 0 Å². The summed E-state index contributed by atoms with van der Waals surface area (Å²) < 4.78 is 39.4. The van der Waals surface area contributed by atoms with Crippen LogP contribution in [-0.4, -0.2) is 53.0 Å². The largest absolute Gasteiger partial charge is 0.486 e. The fourth-order valence-corrected chi connectivity index (χ4v) is 6.31. The summed E-state index contributed by atoms with van der Waals surface area (Å²) in [6.45, 7) is 0.919. The summed E-state index contributed by atoms with van der Waals surface area (Å²) in [6, 6.07) is 5.03. The lowest BCUT2D eigenvalue weighted by molar-refractivity contribution is 0.169. The molecule has 0 amide bonds. The number of aromatic nitrogens is 3. The van der Waals surface area contributed by atoms with Gasteiger partial charge in [-0.15, -0.1) is 0 Å². The number of rotatable bonds is 3. The molecule has 1 aromatic heterocycles. The number of benzene rings is 1. The van der Waals surface area contributed by atoms with Gasteiger partial charge in [0.2, 0.25) is 10.0 Å². The lowest BCUT2D eigenvalue weighted by atomic mass is 10.0. The number of ether oxygens (including phenoxy) is 2. The van der Waals surface area contributed by atoms with Gasteiger partial charge in [-0.05, 0) is 37.8 Å². The second-order valence-electron chi connectivity index (χ2n) is 7.00. The molecule has 2 fully saturated rings. The fraction of sp³-hybridized carbons (Fsp3) is 0.529. The number of fused-ring (bicyclic) bond motifs is 3. The fourth-order valence-electron chi connectivity index (χ4n) is 4.41. The summed E-state index contributed by atoms with van der Waals surface area (Å²) >= 11 is 0. The molecule has 1 aromatic carbocycles. The van der Waals surface area contributed by atoms with Crippen molar-refractivity contribution in [2.45, 2.75) is 48.7 Å². The molecule has 2 unspecified atom stereocenters. The van der Waals surface area contributed by atoms with E-state index in [-0.39, 0.29) is 23.0 Å². The van der Waals surface area contributed by atoms with E-state index in [2.05, 4.69) is 10.2 Å². The van der Waals surface area contributed by atoms with Crippen LogP contribution in [0.2, 0.25) is 0 Å². The molecule has 8 nitrogen and oxygen atoms in total. The minimum atomic E-state index is -3.58. The topological polar surface area (TPSA) is 86.6 Å². The molecule has 3 aliphatic heterocycles. The number of nitrogens with zero attached hydrogens (tertiary/aromatic N) is 4. The third-order valence-electron chi connectivity index (χ3n) is 5.49. The maximum atomic E-state index is 13.3. The van der Waals surface area contributed by atoms with E-state index in [1.165, 1.54) is 0 Å². The van der Waals surface area contributed by atoms with E-state index >= 15 is 0 Å². The second-order valence-corrected chi connectivity index (χ2v) is 8.84. The summed E-state index contributed by atoms with van der Waals surface area (Å²) in [4.78, 5) is 1.99. The molecule has 2 bridgehead atoms. The molecule has 26 heavy (non-hydrogen) atoms. The van der Waals surface area contributed by atoms with Crippen molar-refractivity contribution in [1.82, 2.24) is 19.3 Å². The minimum Gasteiger partial charge on any atom is -0.486 e. The Kier molecular flexibility index (Phi) is 3.68. The van der Waals surface area contributed by atoms with Crippen molar-refractivity contribution in [3.63, 3.8) is 0 Å². The highest BCUT2D eigenvalue weighted by atomic mass is 32.2. The standard InChI is InChI=1S/C17H20N4O4S/c22-26(23,15-3-4-16-17(11-15)25-8-7-24-16)20-12-1-2-13(20)10-14(9-12)21-18-5-6-19-21/h3-6,11-14H,1-2,7-10H2. The summed E-state index contributed by atoms with van der Waals surface area (Å²) in [5.41, 5.74) is 0. The van der Waals surface area contributed by atoms with E-state index in [0.29, 0.717) is 24.7 Å². The Morgan fingerprint density at radius 3 is 2.27 bits per heavy atom. The molecule has 2 atom stereocenters. The summed E-state index contributed by atoms with van der Waals surface area (Å²) in [6.07, 6.45) is 6.59. The third kappa shape index (κ3) is 2.49. The predicted octanol–water partition coefficient (Wildman–Crippen LogP) is 1.61.